The average molecular weight is 282 g/mol. The molecular weight excluding hydrogens is 256 g/mol. The lowest BCUT2D eigenvalue weighted by atomic mass is 10.2. The highest BCUT2D eigenvalue weighted by Crippen LogP contribution is 2.16. The Morgan fingerprint density at radius 1 is 1.05 bits per heavy atom. The molecule has 1 N–H and O–H groups in total. The molecule has 0 radical (unpaired) electrons. The van der Waals surface area contributed by atoms with Crippen LogP contribution in [0.2, 0.25) is 0 Å². The number of thioether (sulfide) groups is 1. The fraction of sp³-hybridized carbons (Fsp3) is 0.714. The van der Waals surface area contributed by atoms with Crippen molar-refractivity contribution in [3.8, 4) is 0 Å². The van der Waals surface area contributed by atoms with Crippen molar-refractivity contribution in [3.05, 3.63) is 17.0 Å². The normalized spacial score (nSPS) is 11.3. The minimum atomic E-state index is 0.899. The third kappa shape index (κ3) is 6.36. The maximum atomic E-state index is 4.51. The van der Waals surface area contributed by atoms with Crippen LogP contribution in [0, 0.1) is 20.8 Å². The van der Waals surface area contributed by atoms with Crippen LogP contribution < -0.4 is 5.32 Å². The molecule has 0 saturated heterocycles. The van der Waals surface area contributed by atoms with Gasteiger partial charge in [-0.15, -0.1) is 0 Å². The van der Waals surface area contributed by atoms with Gasteiger partial charge in [0.1, 0.15) is 0 Å². The van der Waals surface area contributed by atoms with Crippen molar-refractivity contribution in [1.29, 1.82) is 0 Å². The molecule has 0 aromatic carbocycles. The number of hydrogen-bond acceptors (Lipinski definition) is 5. The molecule has 0 fully saturated rings. The largest absolute Gasteiger partial charge is 0.316 e. The molecule has 19 heavy (non-hydrogen) atoms. The summed E-state index contributed by atoms with van der Waals surface area (Å²) < 4.78 is 0. The van der Waals surface area contributed by atoms with Gasteiger partial charge in [0.15, 0.2) is 5.16 Å². The summed E-state index contributed by atoms with van der Waals surface area (Å²) in [6, 6.07) is 0. The van der Waals surface area contributed by atoms with E-state index in [1.54, 1.807) is 11.8 Å². The lowest BCUT2D eigenvalue weighted by molar-refractivity contribution is 0.396. The van der Waals surface area contributed by atoms with Gasteiger partial charge in [-0.2, -0.15) is 0 Å². The zero-order valence-electron chi connectivity index (χ0n) is 12.8. The van der Waals surface area contributed by atoms with Gasteiger partial charge in [-0.05, 0) is 59.9 Å². The summed E-state index contributed by atoms with van der Waals surface area (Å²) in [4.78, 5) is 11.2. The Bertz CT molecular complexity index is 370. The molecule has 0 atom stereocenters. The fourth-order valence-corrected chi connectivity index (χ4v) is 2.50. The van der Waals surface area contributed by atoms with Crippen LogP contribution in [0.4, 0.5) is 0 Å². The van der Waals surface area contributed by atoms with Crippen LogP contribution in [0.5, 0.6) is 0 Å². The van der Waals surface area contributed by atoms with Crippen molar-refractivity contribution >= 4 is 11.8 Å². The first kappa shape index (κ1) is 16.4. The van der Waals surface area contributed by atoms with E-state index >= 15 is 0 Å². The lowest BCUT2D eigenvalue weighted by Crippen LogP contribution is -2.23. The second kappa shape index (κ2) is 8.51. The number of rotatable bonds is 8. The first-order valence-corrected chi connectivity index (χ1v) is 7.79. The van der Waals surface area contributed by atoms with E-state index in [4.69, 9.17) is 0 Å². The summed E-state index contributed by atoms with van der Waals surface area (Å²) in [5, 5.41) is 4.35. The maximum absolute atomic E-state index is 4.51. The third-order valence-corrected chi connectivity index (χ3v) is 3.93. The highest BCUT2D eigenvalue weighted by Gasteiger charge is 2.04. The maximum Gasteiger partial charge on any atom is 0.188 e. The molecule has 1 heterocycles. The van der Waals surface area contributed by atoms with Crippen LogP contribution in [0.25, 0.3) is 0 Å². The molecule has 1 rings (SSSR count). The van der Waals surface area contributed by atoms with E-state index < -0.39 is 0 Å². The predicted molar refractivity (Wildman–Crippen MR) is 83.0 cm³/mol. The van der Waals surface area contributed by atoms with E-state index in [2.05, 4.69) is 41.2 Å². The number of aryl methyl sites for hydroxylation is 2. The summed E-state index contributed by atoms with van der Waals surface area (Å²) in [5.41, 5.74) is 3.38. The number of nitrogens with zero attached hydrogens (tertiary/aromatic N) is 3. The van der Waals surface area contributed by atoms with Gasteiger partial charge in [0.25, 0.3) is 0 Å². The molecule has 5 heteroatoms. The Labute approximate surface area is 121 Å². The lowest BCUT2D eigenvalue weighted by Gasteiger charge is -2.10. The van der Waals surface area contributed by atoms with Crippen LogP contribution in [0.1, 0.15) is 23.4 Å². The Hall–Kier alpha value is -0.650. The van der Waals surface area contributed by atoms with Crippen LogP contribution in [-0.4, -0.2) is 54.4 Å². The molecule has 1 aromatic rings. The summed E-state index contributed by atoms with van der Waals surface area (Å²) in [6.07, 6.45) is 1.19. The van der Waals surface area contributed by atoms with Crippen molar-refractivity contribution in [1.82, 2.24) is 20.2 Å². The summed E-state index contributed by atoms with van der Waals surface area (Å²) >= 11 is 1.73. The highest BCUT2D eigenvalue weighted by atomic mass is 32.2. The van der Waals surface area contributed by atoms with Crippen molar-refractivity contribution in [3.63, 3.8) is 0 Å². The second-order valence-electron chi connectivity index (χ2n) is 5.06. The van der Waals surface area contributed by atoms with Gasteiger partial charge in [0.2, 0.25) is 0 Å². The van der Waals surface area contributed by atoms with Gasteiger partial charge in [-0.25, -0.2) is 9.97 Å². The predicted octanol–water partition coefficient (Wildman–Crippen LogP) is 2.04. The van der Waals surface area contributed by atoms with E-state index in [1.807, 2.05) is 13.8 Å². The molecule has 0 amide bonds. The van der Waals surface area contributed by atoms with Crippen molar-refractivity contribution in [2.45, 2.75) is 32.3 Å². The Balaban J connectivity index is 2.19. The Kier molecular flexibility index (Phi) is 7.34. The minimum Gasteiger partial charge on any atom is -0.316 e. The summed E-state index contributed by atoms with van der Waals surface area (Å²) in [5.74, 6) is 1.02. The summed E-state index contributed by atoms with van der Waals surface area (Å²) in [6.45, 7) is 9.39. The summed E-state index contributed by atoms with van der Waals surface area (Å²) in [7, 11) is 4.21. The topological polar surface area (TPSA) is 41.1 Å². The second-order valence-corrected chi connectivity index (χ2v) is 6.12. The van der Waals surface area contributed by atoms with Gasteiger partial charge >= 0.3 is 0 Å². The quantitative estimate of drug-likeness (QED) is 0.449. The molecule has 0 bridgehead atoms. The average Bonchev–Trinajstić information content (AvgIpc) is 2.34. The fourth-order valence-electron chi connectivity index (χ4n) is 1.67. The van der Waals surface area contributed by atoms with Gasteiger partial charge in [-0.3, -0.25) is 0 Å². The van der Waals surface area contributed by atoms with Crippen molar-refractivity contribution in [2.75, 3.05) is 39.5 Å². The van der Waals surface area contributed by atoms with Gasteiger partial charge in [0, 0.05) is 23.7 Å². The molecule has 0 spiro atoms. The molecule has 4 nitrogen and oxygen atoms in total. The zero-order valence-corrected chi connectivity index (χ0v) is 13.6. The van der Waals surface area contributed by atoms with Gasteiger partial charge < -0.3 is 10.2 Å². The molecule has 108 valence electrons. The van der Waals surface area contributed by atoms with Gasteiger partial charge in [0.05, 0.1) is 0 Å². The van der Waals surface area contributed by atoms with E-state index in [1.165, 1.54) is 12.0 Å². The SMILES string of the molecule is Cc1nc(SCCNCCCN(C)C)nc(C)c1C. The molecule has 0 aliphatic rings. The highest BCUT2D eigenvalue weighted by molar-refractivity contribution is 7.99. The van der Waals surface area contributed by atoms with Crippen LogP contribution in [0.15, 0.2) is 5.16 Å². The van der Waals surface area contributed by atoms with Crippen molar-refractivity contribution < 1.29 is 0 Å². The Morgan fingerprint density at radius 3 is 2.26 bits per heavy atom. The first-order chi connectivity index (χ1) is 9.00. The van der Waals surface area contributed by atoms with E-state index in [9.17, 15) is 0 Å². The molecule has 1 aromatic heterocycles. The number of aromatic nitrogens is 2. The van der Waals surface area contributed by atoms with E-state index in [0.717, 1.165) is 41.9 Å². The van der Waals surface area contributed by atoms with Gasteiger partial charge in [-0.1, -0.05) is 11.8 Å². The van der Waals surface area contributed by atoms with E-state index in [-0.39, 0.29) is 0 Å². The third-order valence-electron chi connectivity index (χ3n) is 3.08. The minimum absolute atomic E-state index is 0.899. The van der Waals surface area contributed by atoms with Crippen LogP contribution in [-0.2, 0) is 0 Å². The van der Waals surface area contributed by atoms with Crippen molar-refractivity contribution in [2.24, 2.45) is 0 Å². The first-order valence-electron chi connectivity index (χ1n) is 6.80. The number of hydrogen-bond donors (Lipinski definition) is 1. The standard InChI is InChI=1S/C14H26N4S/c1-11-12(2)16-14(17-13(11)3)19-10-8-15-7-6-9-18(4)5/h15H,6-10H2,1-5H3. The monoisotopic (exact) mass is 282 g/mol. The molecule has 0 saturated carbocycles. The number of nitrogens with one attached hydrogen (secondary N) is 1. The molecule has 0 unspecified atom stereocenters. The zero-order chi connectivity index (χ0) is 14.3. The molecule has 0 aliphatic carbocycles. The van der Waals surface area contributed by atoms with Crippen LogP contribution in [0.3, 0.4) is 0 Å². The van der Waals surface area contributed by atoms with E-state index in [0.29, 0.717) is 0 Å². The van der Waals surface area contributed by atoms with Crippen LogP contribution >= 0.6 is 11.8 Å². The Morgan fingerprint density at radius 2 is 1.68 bits per heavy atom. The molecular formula is C14H26N4S. The molecule has 0 aliphatic heterocycles. The smallest absolute Gasteiger partial charge is 0.188 e.